The van der Waals surface area contributed by atoms with Gasteiger partial charge in [-0.05, 0) is 12.8 Å². The summed E-state index contributed by atoms with van der Waals surface area (Å²) in [5, 5.41) is 20.1. The molecular weight excluding hydrogens is 180 g/mol. The monoisotopic (exact) mass is 200 g/mol. The fourth-order valence-electron chi connectivity index (χ4n) is 3.06. The van der Waals surface area contributed by atoms with Crippen molar-refractivity contribution in [1.82, 2.24) is 0 Å². The Labute approximate surface area is 85.1 Å². The number of hydrogen-bond donors (Lipinski definition) is 2. The average Bonchev–Trinajstić information content (AvgIpc) is 2.68. The second-order valence-corrected chi connectivity index (χ2v) is 4.79. The zero-order chi connectivity index (χ0) is 10.1. The van der Waals surface area contributed by atoms with E-state index < -0.39 is 5.60 Å². The minimum absolute atomic E-state index is 0.128. The fraction of sp³-hybridized carbons (Fsp3) is 1.00. The minimum Gasteiger partial charge on any atom is -0.396 e. The van der Waals surface area contributed by atoms with E-state index in [1.807, 2.05) is 0 Å². The van der Waals surface area contributed by atoms with Crippen LogP contribution in [-0.4, -0.2) is 35.6 Å². The number of hydrogen-bond acceptors (Lipinski definition) is 3. The zero-order valence-corrected chi connectivity index (χ0v) is 8.67. The van der Waals surface area contributed by atoms with Crippen molar-refractivity contribution in [2.24, 2.45) is 5.41 Å². The predicted molar refractivity (Wildman–Crippen MR) is 53.0 cm³/mol. The highest BCUT2D eigenvalue weighted by molar-refractivity contribution is 5.02. The summed E-state index contributed by atoms with van der Waals surface area (Å²) >= 11 is 0. The van der Waals surface area contributed by atoms with Crippen molar-refractivity contribution in [2.75, 3.05) is 19.8 Å². The third-order valence-corrected chi connectivity index (χ3v) is 4.17. The number of ether oxygens (including phenoxy) is 1. The summed E-state index contributed by atoms with van der Waals surface area (Å²) in [7, 11) is 0. The average molecular weight is 200 g/mol. The van der Waals surface area contributed by atoms with E-state index in [-0.39, 0.29) is 12.0 Å². The van der Waals surface area contributed by atoms with Gasteiger partial charge in [0.1, 0.15) is 0 Å². The molecule has 0 aromatic carbocycles. The van der Waals surface area contributed by atoms with Crippen LogP contribution in [0.1, 0.15) is 38.5 Å². The first kappa shape index (κ1) is 10.4. The molecule has 2 N–H and O–H groups in total. The van der Waals surface area contributed by atoms with Gasteiger partial charge in [-0.25, -0.2) is 0 Å². The minimum atomic E-state index is -0.670. The number of rotatable bonds is 2. The maximum Gasteiger partial charge on any atom is 0.0769 e. The summed E-state index contributed by atoms with van der Waals surface area (Å²) in [5.74, 6) is 0. The van der Waals surface area contributed by atoms with E-state index in [4.69, 9.17) is 4.74 Å². The van der Waals surface area contributed by atoms with Crippen molar-refractivity contribution in [3.05, 3.63) is 0 Å². The van der Waals surface area contributed by atoms with Gasteiger partial charge in [-0.1, -0.05) is 12.8 Å². The molecule has 0 spiro atoms. The zero-order valence-electron chi connectivity index (χ0n) is 8.67. The van der Waals surface area contributed by atoms with Crippen molar-refractivity contribution in [1.29, 1.82) is 0 Å². The summed E-state index contributed by atoms with van der Waals surface area (Å²) in [5.41, 5.74) is -0.896. The van der Waals surface area contributed by atoms with E-state index >= 15 is 0 Å². The van der Waals surface area contributed by atoms with Crippen molar-refractivity contribution >= 4 is 0 Å². The summed E-state index contributed by atoms with van der Waals surface area (Å²) < 4.78 is 5.27. The van der Waals surface area contributed by atoms with Crippen LogP contribution in [0.3, 0.4) is 0 Å². The van der Waals surface area contributed by atoms with E-state index in [0.717, 1.165) is 25.7 Å². The maximum atomic E-state index is 10.6. The summed E-state index contributed by atoms with van der Waals surface area (Å²) in [6.45, 7) is 1.40. The van der Waals surface area contributed by atoms with Gasteiger partial charge < -0.3 is 14.9 Å². The Bertz CT molecular complexity index is 191. The van der Waals surface area contributed by atoms with Crippen molar-refractivity contribution in [2.45, 2.75) is 44.1 Å². The van der Waals surface area contributed by atoms with E-state index in [1.54, 1.807) is 0 Å². The standard InChI is InChI=1S/C11H20O3/c12-9-10(3-1-2-4-10)11(13)5-7-14-8-6-11/h12-13H,1-9H2. The second-order valence-electron chi connectivity index (χ2n) is 4.79. The van der Waals surface area contributed by atoms with Crippen LogP contribution in [-0.2, 0) is 4.74 Å². The molecule has 0 amide bonds. The van der Waals surface area contributed by atoms with Crippen LogP contribution in [0.4, 0.5) is 0 Å². The second kappa shape index (κ2) is 3.80. The van der Waals surface area contributed by atoms with Gasteiger partial charge in [0.15, 0.2) is 0 Å². The van der Waals surface area contributed by atoms with Crippen LogP contribution in [0.2, 0.25) is 0 Å². The van der Waals surface area contributed by atoms with Gasteiger partial charge in [-0.15, -0.1) is 0 Å². The largest absolute Gasteiger partial charge is 0.396 e. The van der Waals surface area contributed by atoms with Crippen LogP contribution in [0.25, 0.3) is 0 Å². The summed E-state index contributed by atoms with van der Waals surface area (Å²) in [6, 6.07) is 0. The van der Waals surface area contributed by atoms with E-state index in [9.17, 15) is 10.2 Å². The Hall–Kier alpha value is -0.120. The van der Waals surface area contributed by atoms with Crippen molar-refractivity contribution in [3.8, 4) is 0 Å². The molecule has 1 aliphatic heterocycles. The number of aliphatic hydroxyl groups excluding tert-OH is 1. The predicted octanol–water partition coefficient (Wildman–Crippen LogP) is 1.08. The molecule has 1 saturated carbocycles. The lowest BCUT2D eigenvalue weighted by molar-refractivity contribution is -0.157. The first-order valence-electron chi connectivity index (χ1n) is 5.63. The van der Waals surface area contributed by atoms with Crippen molar-refractivity contribution < 1.29 is 14.9 Å². The number of aliphatic hydroxyl groups is 2. The van der Waals surface area contributed by atoms with Gasteiger partial charge in [0.05, 0.1) is 12.2 Å². The lowest BCUT2D eigenvalue weighted by atomic mass is 9.67. The van der Waals surface area contributed by atoms with Gasteiger partial charge in [-0.3, -0.25) is 0 Å². The van der Waals surface area contributed by atoms with Gasteiger partial charge in [-0.2, -0.15) is 0 Å². The molecule has 82 valence electrons. The van der Waals surface area contributed by atoms with Crippen molar-refractivity contribution in [3.63, 3.8) is 0 Å². The molecule has 1 saturated heterocycles. The van der Waals surface area contributed by atoms with Crippen LogP contribution < -0.4 is 0 Å². The first-order valence-corrected chi connectivity index (χ1v) is 5.63. The summed E-state index contributed by atoms with van der Waals surface area (Å²) in [6.07, 6.45) is 5.61. The third kappa shape index (κ3) is 1.47. The molecule has 0 aromatic rings. The highest BCUT2D eigenvalue weighted by atomic mass is 16.5. The highest BCUT2D eigenvalue weighted by Crippen LogP contribution is 2.50. The Morgan fingerprint density at radius 2 is 1.57 bits per heavy atom. The normalized spacial score (nSPS) is 30.4. The molecule has 1 heterocycles. The SMILES string of the molecule is OCC1(C2(O)CCOCC2)CCCC1. The lowest BCUT2D eigenvalue weighted by Gasteiger charge is -2.46. The van der Waals surface area contributed by atoms with Gasteiger partial charge >= 0.3 is 0 Å². The molecule has 3 nitrogen and oxygen atoms in total. The van der Waals surface area contributed by atoms with Crippen LogP contribution in [0.15, 0.2) is 0 Å². The molecule has 0 bridgehead atoms. The molecule has 2 fully saturated rings. The molecule has 0 unspecified atom stereocenters. The van der Waals surface area contributed by atoms with Gasteiger partial charge in [0, 0.05) is 31.5 Å². The molecule has 2 rings (SSSR count). The van der Waals surface area contributed by atoms with E-state index in [2.05, 4.69) is 0 Å². The molecule has 14 heavy (non-hydrogen) atoms. The molecule has 0 aromatic heterocycles. The van der Waals surface area contributed by atoms with E-state index in [1.165, 1.54) is 0 Å². The smallest absolute Gasteiger partial charge is 0.0769 e. The lowest BCUT2D eigenvalue weighted by Crippen LogP contribution is -2.52. The van der Waals surface area contributed by atoms with Crippen LogP contribution >= 0.6 is 0 Å². The quantitative estimate of drug-likeness (QED) is 0.701. The Kier molecular flexibility index (Phi) is 2.82. The molecular formula is C11H20O3. The fourth-order valence-corrected chi connectivity index (χ4v) is 3.06. The molecule has 0 atom stereocenters. The van der Waals surface area contributed by atoms with E-state index in [0.29, 0.717) is 26.1 Å². The third-order valence-electron chi connectivity index (χ3n) is 4.17. The van der Waals surface area contributed by atoms with Gasteiger partial charge in [0.2, 0.25) is 0 Å². The summed E-state index contributed by atoms with van der Waals surface area (Å²) in [4.78, 5) is 0. The topological polar surface area (TPSA) is 49.7 Å². The maximum absolute atomic E-state index is 10.6. The molecule has 0 radical (unpaired) electrons. The molecule has 1 aliphatic carbocycles. The highest BCUT2D eigenvalue weighted by Gasteiger charge is 2.51. The van der Waals surface area contributed by atoms with Gasteiger partial charge in [0.25, 0.3) is 0 Å². The Morgan fingerprint density at radius 1 is 1.00 bits per heavy atom. The molecule has 3 heteroatoms. The first-order chi connectivity index (χ1) is 6.72. The Balaban J connectivity index is 2.15. The Morgan fingerprint density at radius 3 is 2.07 bits per heavy atom. The molecule has 2 aliphatic rings. The van der Waals surface area contributed by atoms with Crippen LogP contribution in [0.5, 0.6) is 0 Å². The van der Waals surface area contributed by atoms with Crippen LogP contribution in [0, 0.1) is 5.41 Å².